The molecule has 0 spiro atoms. The Kier molecular flexibility index (Phi) is 31.7. The third-order valence-electron chi connectivity index (χ3n) is 9.26. The highest BCUT2D eigenvalue weighted by atomic mass is 32.2. The maximum Gasteiger partial charge on any atom is 0.333 e. The van der Waals surface area contributed by atoms with Crippen molar-refractivity contribution in [2.75, 3.05) is 79.3 Å². The molecule has 1 aromatic rings. The Bertz CT molecular complexity index is 1720. The zero-order valence-electron chi connectivity index (χ0n) is 39.4. The molecule has 0 N–H and O–H groups in total. The van der Waals surface area contributed by atoms with E-state index in [1.165, 1.54) is 12.1 Å². The van der Waals surface area contributed by atoms with Crippen LogP contribution in [0.3, 0.4) is 0 Å². The molecule has 1 aromatic carbocycles. The summed E-state index contributed by atoms with van der Waals surface area (Å²) < 4.78 is 83.3. The van der Waals surface area contributed by atoms with Crippen LogP contribution in [-0.4, -0.2) is 130 Å². The van der Waals surface area contributed by atoms with Crippen molar-refractivity contribution in [2.45, 2.75) is 122 Å². The number of carbonyl (C=O) groups is 4. The Labute approximate surface area is 387 Å². The van der Waals surface area contributed by atoms with Gasteiger partial charge < -0.3 is 42.6 Å². The number of esters is 4. The summed E-state index contributed by atoms with van der Waals surface area (Å²) in [4.78, 5) is 49.9. The van der Waals surface area contributed by atoms with E-state index >= 15 is 0 Å². The van der Waals surface area contributed by atoms with Gasteiger partial charge in [0.15, 0.2) is 0 Å². The molecule has 368 valence electrons. The highest BCUT2D eigenvalue weighted by molar-refractivity contribution is 7.86. The van der Waals surface area contributed by atoms with Crippen LogP contribution in [0, 0.1) is 0 Å². The first-order valence-corrected chi connectivity index (χ1v) is 23.9. The summed E-state index contributed by atoms with van der Waals surface area (Å²) in [6, 6.07) is 6.47. The molecule has 0 aliphatic rings. The first-order valence-electron chi connectivity index (χ1n) is 22.5. The highest BCUT2D eigenvalue weighted by Gasteiger charge is 2.34. The lowest BCUT2D eigenvalue weighted by Gasteiger charge is -2.33. The van der Waals surface area contributed by atoms with E-state index in [0.29, 0.717) is 67.2 Å². The number of aryl methyl sites for hydroxylation is 1. The van der Waals surface area contributed by atoms with Crippen LogP contribution in [0.25, 0.3) is 0 Å². The van der Waals surface area contributed by atoms with Crippen LogP contribution in [0.2, 0.25) is 0 Å². The van der Waals surface area contributed by atoms with Gasteiger partial charge in [0.2, 0.25) is 0 Å². The van der Waals surface area contributed by atoms with Gasteiger partial charge in [0.1, 0.15) is 44.7 Å². The molecule has 17 heteroatoms. The van der Waals surface area contributed by atoms with Gasteiger partial charge in [-0.15, -0.1) is 0 Å². The van der Waals surface area contributed by atoms with Gasteiger partial charge >= 0.3 is 23.9 Å². The monoisotopic (exact) mass is 938 g/mol. The van der Waals surface area contributed by atoms with Crippen LogP contribution < -0.4 is 0 Å². The van der Waals surface area contributed by atoms with Gasteiger partial charge in [0, 0.05) is 22.3 Å². The molecule has 0 saturated carbocycles. The molecule has 0 amide bonds. The quantitative estimate of drug-likeness (QED) is 0.0212. The topological polar surface area (TPSA) is 195 Å². The van der Waals surface area contributed by atoms with E-state index in [1.807, 2.05) is 34.6 Å². The van der Waals surface area contributed by atoms with Gasteiger partial charge in [-0.05, 0) is 49.8 Å². The summed E-state index contributed by atoms with van der Waals surface area (Å²) in [7, 11) is -4.10. The predicted octanol–water partition coefficient (Wildman–Crippen LogP) is 7.13. The molecule has 16 nitrogen and oxygen atoms in total. The molecule has 0 radical (unpaired) electrons. The van der Waals surface area contributed by atoms with E-state index in [9.17, 15) is 27.6 Å². The molecule has 0 aromatic heterocycles. The largest absolute Gasteiger partial charge is 0.460 e. The number of benzene rings is 1. The van der Waals surface area contributed by atoms with Crippen molar-refractivity contribution < 1.29 is 74.4 Å². The second-order valence-electron chi connectivity index (χ2n) is 14.9. The lowest BCUT2D eigenvalue weighted by molar-refractivity contribution is -0.183. The Morgan fingerprint density at radius 3 is 1.20 bits per heavy atom. The van der Waals surface area contributed by atoms with E-state index in [-0.39, 0.29) is 84.2 Å². The van der Waals surface area contributed by atoms with Crippen LogP contribution in [0.15, 0.2) is 77.8 Å². The molecule has 0 bridgehead atoms. The van der Waals surface area contributed by atoms with E-state index in [4.69, 9.17) is 46.8 Å². The van der Waals surface area contributed by atoms with Crippen LogP contribution in [0.4, 0.5) is 0 Å². The first-order chi connectivity index (χ1) is 31.1. The van der Waals surface area contributed by atoms with Gasteiger partial charge in [0.25, 0.3) is 10.1 Å². The summed E-state index contributed by atoms with van der Waals surface area (Å²) in [5, 5.41) is 0. The number of carbonyl (C=O) groups excluding carboxylic acids is 4. The number of ether oxygens (including phenoxy) is 9. The molecule has 0 fully saturated rings. The van der Waals surface area contributed by atoms with Crippen molar-refractivity contribution in [3.63, 3.8) is 0 Å². The lowest BCUT2D eigenvalue weighted by Crippen LogP contribution is -2.48. The zero-order valence-corrected chi connectivity index (χ0v) is 40.2. The van der Waals surface area contributed by atoms with Gasteiger partial charge in [-0.1, -0.05) is 105 Å². The summed E-state index contributed by atoms with van der Waals surface area (Å²) >= 11 is 0. The van der Waals surface area contributed by atoms with E-state index in [2.05, 4.69) is 26.3 Å². The molecule has 1 rings (SSSR count). The number of hydrogen-bond donors (Lipinski definition) is 0. The van der Waals surface area contributed by atoms with Gasteiger partial charge in [-0.2, -0.15) is 8.42 Å². The van der Waals surface area contributed by atoms with Crippen LogP contribution in [-0.2, 0) is 82.5 Å². The van der Waals surface area contributed by atoms with Crippen molar-refractivity contribution in [1.29, 1.82) is 0 Å². The van der Waals surface area contributed by atoms with Gasteiger partial charge in [-0.25, -0.2) is 19.2 Å². The van der Waals surface area contributed by atoms with Crippen molar-refractivity contribution in [2.24, 2.45) is 0 Å². The minimum Gasteiger partial charge on any atom is -0.460 e. The predicted molar refractivity (Wildman–Crippen MR) is 244 cm³/mol. The number of hydrogen-bond acceptors (Lipinski definition) is 16. The average Bonchev–Trinajstić information content (AvgIpc) is 3.28. The van der Waals surface area contributed by atoms with Crippen molar-refractivity contribution in [3.05, 3.63) is 78.4 Å². The summed E-state index contributed by atoms with van der Waals surface area (Å²) in [5.74, 6) is -2.28. The Morgan fingerprint density at radius 1 is 0.477 bits per heavy atom. The first kappa shape index (κ1) is 58.8. The van der Waals surface area contributed by atoms with E-state index in [1.54, 1.807) is 12.1 Å². The van der Waals surface area contributed by atoms with E-state index in [0.717, 1.165) is 24.8 Å². The van der Waals surface area contributed by atoms with Crippen molar-refractivity contribution in [1.82, 2.24) is 0 Å². The lowest BCUT2D eigenvalue weighted by atomic mass is 10.1. The molecule has 3 unspecified atom stereocenters. The Morgan fingerprint density at radius 2 is 0.831 bits per heavy atom. The van der Waals surface area contributed by atoms with Crippen molar-refractivity contribution >= 4 is 34.0 Å². The highest BCUT2D eigenvalue weighted by Crippen LogP contribution is 2.18. The fourth-order valence-electron chi connectivity index (χ4n) is 5.91. The van der Waals surface area contributed by atoms with Crippen LogP contribution in [0.5, 0.6) is 0 Å². The smallest absolute Gasteiger partial charge is 0.333 e. The summed E-state index contributed by atoms with van der Waals surface area (Å²) in [5.41, 5.74) is 2.26. The van der Waals surface area contributed by atoms with Gasteiger partial charge in [-0.3, -0.25) is 4.18 Å². The molecular formula is C48H74O16S. The SMILES string of the molecule is C=C(CCC)C(=O)OCCOCC(OCCOC(=O)C(=C)CCC)C(OCCOC(=O)C(=C)CCC)C(COCCOS(=O)(=O)c1ccc(CCC)cc1)OCCOC(=O)C(=C)CCC. The van der Waals surface area contributed by atoms with Gasteiger partial charge in [0.05, 0.1) is 57.8 Å². The second-order valence-corrected chi connectivity index (χ2v) is 16.5. The van der Waals surface area contributed by atoms with Crippen LogP contribution in [0.1, 0.15) is 98.0 Å². The Balaban J connectivity index is 3.41. The molecule has 0 saturated heterocycles. The summed E-state index contributed by atoms with van der Waals surface area (Å²) in [6.45, 7) is 22.7. The van der Waals surface area contributed by atoms with Crippen molar-refractivity contribution in [3.8, 4) is 0 Å². The molecule has 0 heterocycles. The third-order valence-corrected chi connectivity index (χ3v) is 10.6. The molecule has 65 heavy (non-hydrogen) atoms. The minimum absolute atomic E-state index is 0.00293. The summed E-state index contributed by atoms with van der Waals surface area (Å²) in [6.07, 6.45) is 3.30. The normalized spacial score (nSPS) is 12.7. The fourth-order valence-corrected chi connectivity index (χ4v) is 6.81. The molecular weight excluding hydrogens is 865 g/mol. The van der Waals surface area contributed by atoms with E-state index < -0.39 is 52.3 Å². The second kappa shape index (κ2) is 35.0. The Hall–Kier alpha value is -4.23. The maximum absolute atomic E-state index is 13.0. The zero-order chi connectivity index (χ0) is 48.5. The molecule has 3 atom stereocenters. The maximum atomic E-state index is 13.0. The fraction of sp³-hybridized carbons (Fsp3) is 0.625. The van der Waals surface area contributed by atoms with Crippen LogP contribution >= 0.6 is 0 Å². The number of rotatable bonds is 40. The molecule has 0 aliphatic carbocycles. The standard InChI is InChI=1S/C48H74O16S/c1-10-15-36(6)45(49)60-26-24-55-34-42(57-27-30-61-46(50)37(7)16-11-2)44(59-29-32-63-48(52)39(9)18-13-4)43(58-28-31-62-47(51)38(8)17-12-3)35-56-25-33-64-65(53,54)41-22-20-40(19-14-5)21-23-41/h20-23,42-44H,6-19,24-35H2,1-5H3. The average molecular weight is 939 g/mol. The third kappa shape index (κ3) is 25.3. The minimum atomic E-state index is -4.10. The molecule has 0 aliphatic heterocycles.